The number of piperidine rings is 1. The lowest BCUT2D eigenvalue weighted by molar-refractivity contribution is 0.0969. The second kappa shape index (κ2) is 9.57. The van der Waals surface area contributed by atoms with Crippen molar-refractivity contribution in [2.75, 3.05) is 24.6 Å². The molecule has 2 fully saturated rings. The summed E-state index contributed by atoms with van der Waals surface area (Å²) in [4.78, 5) is 21.3. The molecular weight excluding hydrogens is 454 g/mol. The van der Waals surface area contributed by atoms with Gasteiger partial charge in [-0.25, -0.2) is 19.9 Å². The molecule has 2 atom stereocenters. The van der Waals surface area contributed by atoms with Gasteiger partial charge in [-0.2, -0.15) is 0 Å². The molecule has 2 saturated heterocycles. The summed E-state index contributed by atoms with van der Waals surface area (Å²) in [5.41, 5.74) is 1.32. The van der Waals surface area contributed by atoms with E-state index in [-0.39, 0.29) is 0 Å². The molecule has 0 aliphatic carbocycles. The van der Waals surface area contributed by atoms with Crippen LogP contribution in [0.2, 0.25) is 5.02 Å². The average Bonchev–Trinajstić information content (AvgIpc) is 3.12. The van der Waals surface area contributed by atoms with Crippen LogP contribution in [0.3, 0.4) is 0 Å². The molecular formula is C25H28ClN5OS. The standard InChI is InChI=1S/C25H28ClN5OS/c1-17-18(2)32-16-25(17)7-11-31(12-8-25)22-14-30-23(15-29-22)33-20-6-3-5-19(24(20)26)13-21-27-9-4-10-28-21/h3-6,9-10,14-15,17-18H,7-8,11-13,16H2,1-2H3/t17-,18+/m1/s1. The van der Waals surface area contributed by atoms with Gasteiger partial charge in [-0.05, 0) is 43.4 Å². The summed E-state index contributed by atoms with van der Waals surface area (Å²) in [6.45, 7) is 7.42. The number of anilines is 1. The molecule has 1 aromatic carbocycles. The minimum absolute atomic E-state index is 0.325. The number of halogens is 1. The molecule has 0 N–H and O–H groups in total. The minimum atomic E-state index is 0.325. The van der Waals surface area contributed by atoms with Crippen molar-refractivity contribution in [1.82, 2.24) is 19.9 Å². The number of benzene rings is 1. The second-order valence-corrected chi connectivity index (χ2v) is 10.5. The third-order valence-corrected chi connectivity index (χ3v) is 8.77. The Kier molecular flexibility index (Phi) is 6.54. The Hall–Kier alpha value is -2.22. The summed E-state index contributed by atoms with van der Waals surface area (Å²) in [6.07, 6.45) is 10.5. The highest BCUT2D eigenvalue weighted by Gasteiger charge is 2.46. The van der Waals surface area contributed by atoms with E-state index in [2.05, 4.69) is 33.7 Å². The van der Waals surface area contributed by atoms with Gasteiger partial charge in [0.15, 0.2) is 0 Å². The van der Waals surface area contributed by atoms with Gasteiger partial charge in [0.1, 0.15) is 16.7 Å². The van der Waals surface area contributed by atoms with Crippen LogP contribution >= 0.6 is 23.4 Å². The van der Waals surface area contributed by atoms with Gasteiger partial charge in [0.25, 0.3) is 0 Å². The fourth-order valence-electron chi connectivity index (χ4n) is 4.85. The number of rotatable bonds is 5. The molecule has 5 rings (SSSR count). The van der Waals surface area contributed by atoms with Crippen molar-refractivity contribution >= 4 is 29.2 Å². The Morgan fingerprint density at radius 3 is 2.52 bits per heavy atom. The van der Waals surface area contributed by atoms with Crippen molar-refractivity contribution in [3.05, 3.63) is 65.5 Å². The zero-order valence-corrected chi connectivity index (χ0v) is 20.5. The first kappa shape index (κ1) is 22.6. The van der Waals surface area contributed by atoms with Crippen LogP contribution in [0.5, 0.6) is 0 Å². The highest BCUT2D eigenvalue weighted by Crippen LogP contribution is 2.46. The number of hydrogen-bond donors (Lipinski definition) is 0. The predicted molar refractivity (Wildman–Crippen MR) is 131 cm³/mol. The molecule has 0 bridgehead atoms. The van der Waals surface area contributed by atoms with Gasteiger partial charge in [0.05, 0.1) is 30.1 Å². The molecule has 4 heterocycles. The van der Waals surface area contributed by atoms with E-state index in [1.807, 2.05) is 36.7 Å². The zero-order chi connectivity index (χ0) is 22.8. The molecule has 2 aromatic heterocycles. The van der Waals surface area contributed by atoms with E-state index >= 15 is 0 Å². The molecule has 8 heteroatoms. The van der Waals surface area contributed by atoms with Gasteiger partial charge in [-0.3, -0.25) is 0 Å². The van der Waals surface area contributed by atoms with Gasteiger partial charge in [-0.1, -0.05) is 42.4 Å². The molecule has 3 aromatic rings. The predicted octanol–water partition coefficient (Wildman–Crippen LogP) is 5.30. The smallest absolute Gasteiger partial charge is 0.147 e. The highest BCUT2D eigenvalue weighted by molar-refractivity contribution is 7.99. The first-order valence-corrected chi connectivity index (χ1v) is 12.6. The van der Waals surface area contributed by atoms with Crippen LogP contribution in [0.4, 0.5) is 5.82 Å². The second-order valence-electron chi connectivity index (χ2n) is 9.04. The average molecular weight is 482 g/mol. The van der Waals surface area contributed by atoms with Crippen molar-refractivity contribution in [2.45, 2.75) is 49.1 Å². The van der Waals surface area contributed by atoms with E-state index in [4.69, 9.17) is 21.3 Å². The van der Waals surface area contributed by atoms with Crippen molar-refractivity contribution in [1.29, 1.82) is 0 Å². The zero-order valence-electron chi connectivity index (χ0n) is 18.9. The first-order chi connectivity index (χ1) is 16.0. The Morgan fingerprint density at radius 1 is 1.06 bits per heavy atom. The first-order valence-electron chi connectivity index (χ1n) is 11.4. The Balaban J connectivity index is 1.23. The van der Waals surface area contributed by atoms with E-state index in [1.54, 1.807) is 12.4 Å². The Labute approximate surface area is 204 Å². The van der Waals surface area contributed by atoms with Crippen LogP contribution in [0, 0.1) is 11.3 Å². The molecule has 0 saturated carbocycles. The van der Waals surface area contributed by atoms with E-state index in [0.29, 0.717) is 28.9 Å². The van der Waals surface area contributed by atoms with Crippen LogP contribution in [0.15, 0.2) is 59.0 Å². The number of nitrogens with zero attached hydrogens (tertiary/aromatic N) is 5. The fourth-order valence-corrected chi connectivity index (χ4v) is 5.97. The molecule has 0 unspecified atom stereocenters. The molecule has 172 valence electrons. The summed E-state index contributed by atoms with van der Waals surface area (Å²) in [7, 11) is 0. The van der Waals surface area contributed by atoms with Gasteiger partial charge in [0.2, 0.25) is 0 Å². The third kappa shape index (κ3) is 4.72. The monoisotopic (exact) mass is 481 g/mol. The lowest BCUT2D eigenvalue weighted by Gasteiger charge is -2.41. The lowest BCUT2D eigenvalue weighted by atomic mass is 9.70. The number of hydrogen-bond acceptors (Lipinski definition) is 7. The summed E-state index contributed by atoms with van der Waals surface area (Å²) < 4.78 is 5.96. The van der Waals surface area contributed by atoms with Gasteiger partial charge in [-0.15, -0.1) is 0 Å². The van der Waals surface area contributed by atoms with E-state index in [9.17, 15) is 0 Å². The maximum absolute atomic E-state index is 6.70. The maximum atomic E-state index is 6.70. The molecule has 0 amide bonds. The van der Waals surface area contributed by atoms with Gasteiger partial charge < -0.3 is 9.64 Å². The Bertz CT molecular complexity index is 1090. The van der Waals surface area contributed by atoms with Crippen LogP contribution < -0.4 is 4.90 Å². The van der Waals surface area contributed by atoms with Crippen molar-refractivity contribution < 1.29 is 4.74 Å². The molecule has 1 spiro atoms. The van der Waals surface area contributed by atoms with E-state index in [1.165, 1.54) is 11.8 Å². The summed E-state index contributed by atoms with van der Waals surface area (Å²) in [5, 5.41) is 1.54. The SMILES string of the molecule is C[C@@H]1OCC2(CCN(c3cnc(Sc4cccc(Cc5ncccn5)c4Cl)cn3)CC2)[C@@H]1C. The fraction of sp³-hybridized carbons (Fsp3) is 0.440. The van der Waals surface area contributed by atoms with E-state index in [0.717, 1.165) is 59.7 Å². The molecule has 2 aliphatic heterocycles. The maximum Gasteiger partial charge on any atom is 0.147 e. The van der Waals surface area contributed by atoms with Crippen molar-refractivity contribution in [2.24, 2.45) is 11.3 Å². The van der Waals surface area contributed by atoms with Crippen LogP contribution in [-0.4, -0.2) is 45.7 Å². The van der Waals surface area contributed by atoms with Crippen molar-refractivity contribution in [3.63, 3.8) is 0 Å². The largest absolute Gasteiger partial charge is 0.378 e. The summed E-state index contributed by atoms with van der Waals surface area (Å²) in [6, 6.07) is 7.84. The van der Waals surface area contributed by atoms with E-state index < -0.39 is 0 Å². The number of ether oxygens (including phenoxy) is 1. The molecule has 0 radical (unpaired) electrons. The number of aromatic nitrogens is 4. The van der Waals surface area contributed by atoms with Crippen LogP contribution in [0.25, 0.3) is 0 Å². The quantitative estimate of drug-likeness (QED) is 0.489. The summed E-state index contributed by atoms with van der Waals surface area (Å²) >= 11 is 8.23. The van der Waals surface area contributed by atoms with Crippen molar-refractivity contribution in [3.8, 4) is 0 Å². The topological polar surface area (TPSA) is 64.0 Å². The third-order valence-electron chi connectivity index (χ3n) is 7.23. The molecule has 6 nitrogen and oxygen atoms in total. The van der Waals surface area contributed by atoms with Crippen LogP contribution in [-0.2, 0) is 11.2 Å². The lowest BCUT2D eigenvalue weighted by Crippen LogP contribution is -2.44. The summed E-state index contributed by atoms with van der Waals surface area (Å²) in [5.74, 6) is 2.30. The minimum Gasteiger partial charge on any atom is -0.378 e. The molecule has 2 aliphatic rings. The van der Waals surface area contributed by atoms with Gasteiger partial charge in [0, 0.05) is 42.2 Å². The normalized spacial score (nSPS) is 22.1. The molecule has 33 heavy (non-hydrogen) atoms. The Morgan fingerprint density at radius 2 is 1.85 bits per heavy atom. The highest BCUT2D eigenvalue weighted by atomic mass is 35.5. The van der Waals surface area contributed by atoms with Gasteiger partial charge >= 0.3 is 0 Å². The van der Waals surface area contributed by atoms with Crippen LogP contribution in [0.1, 0.15) is 38.1 Å².